The summed E-state index contributed by atoms with van der Waals surface area (Å²) < 4.78 is 14.7. The second-order valence-electron chi connectivity index (χ2n) is 2.76. The van der Waals surface area contributed by atoms with Crippen LogP contribution >= 0.6 is 0 Å². The second-order valence-corrected chi connectivity index (χ2v) is 2.76. The molecule has 0 unspecified atom stereocenters. The molecule has 82 valence electrons. The lowest BCUT2D eigenvalue weighted by Crippen LogP contribution is -2.08. The van der Waals surface area contributed by atoms with Crippen LogP contribution in [0, 0.1) is 0 Å². The Labute approximate surface area is 87.7 Å². The van der Waals surface area contributed by atoms with Crippen LogP contribution in [0.2, 0.25) is 0 Å². The molecule has 5 heteroatoms. The van der Waals surface area contributed by atoms with Gasteiger partial charge < -0.3 is 19.9 Å². The minimum Gasteiger partial charge on any atom is -0.493 e. The smallest absolute Gasteiger partial charge is 0.343 e. The maximum Gasteiger partial charge on any atom is 0.343 e. The van der Waals surface area contributed by atoms with Gasteiger partial charge in [0.2, 0.25) is 0 Å². The second kappa shape index (κ2) is 4.54. The average molecular weight is 211 g/mol. The van der Waals surface area contributed by atoms with Crippen LogP contribution in [-0.4, -0.2) is 27.3 Å². The Balaban J connectivity index is 3.38. The molecular formula is C10H13NO4. The average Bonchev–Trinajstić information content (AvgIpc) is 2.27. The largest absolute Gasteiger partial charge is 0.493 e. The van der Waals surface area contributed by atoms with E-state index in [4.69, 9.17) is 15.2 Å². The molecule has 1 aromatic carbocycles. The van der Waals surface area contributed by atoms with Crippen molar-refractivity contribution in [2.45, 2.75) is 0 Å². The van der Waals surface area contributed by atoms with Crippen molar-refractivity contribution in [1.29, 1.82) is 0 Å². The molecule has 5 nitrogen and oxygen atoms in total. The molecule has 1 rings (SSSR count). The van der Waals surface area contributed by atoms with E-state index in [1.807, 2.05) is 0 Å². The molecule has 1 aromatic rings. The molecule has 0 saturated carbocycles. The first-order chi connectivity index (χ1) is 7.15. The normalized spacial score (nSPS) is 9.53. The number of ether oxygens (including phenoxy) is 3. The maximum atomic E-state index is 11.4. The van der Waals surface area contributed by atoms with Crippen LogP contribution in [-0.2, 0) is 4.74 Å². The van der Waals surface area contributed by atoms with E-state index in [0.717, 1.165) is 0 Å². The van der Waals surface area contributed by atoms with Crippen molar-refractivity contribution in [3.05, 3.63) is 17.7 Å². The quantitative estimate of drug-likeness (QED) is 0.598. The molecule has 2 N–H and O–H groups in total. The zero-order valence-electron chi connectivity index (χ0n) is 8.87. The summed E-state index contributed by atoms with van der Waals surface area (Å²) >= 11 is 0. The molecule has 0 saturated heterocycles. The molecule has 0 fully saturated rings. The van der Waals surface area contributed by atoms with Gasteiger partial charge in [-0.25, -0.2) is 4.79 Å². The van der Waals surface area contributed by atoms with E-state index in [0.29, 0.717) is 11.4 Å². The molecule has 15 heavy (non-hydrogen) atoms. The van der Waals surface area contributed by atoms with Crippen LogP contribution in [0.4, 0.5) is 5.69 Å². The van der Waals surface area contributed by atoms with Crippen LogP contribution in [0.3, 0.4) is 0 Å². The Morgan fingerprint density at radius 2 is 1.87 bits per heavy atom. The van der Waals surface area contributed by atoms with E-state index >= 15 is 0 Å². The molecule has 0 atom stereocenters. The number of hydrogen-bond acceptors (Lipinski definition) is 5. The predicted octanol–water partition coefficient (Wildman–Crippen LogP) is 1.07. The Kier molecular flexibility index (Phi) is 3.38. The van der Waals surface area contributed by atoms with Gasteiger partial charge in [0.1, 0.15) is 5.56 Å². The zero-order chi connectivity index (χ0) is 11.4. The van der Waals surface area contributed by atoms with Gasteiger partial charge in [0.25, 0.3) is 0 Å². The molecule has 0 aromatic heterocycles. The van der Waals surface area contributed by atoms with Crippen molar-refractivity contribution in [2.24, 2.45) is 0 Å². The van der Waals surface area contributed by atoms with Gasteiger partial charge in [-0.05, 0) is 12.1 Å². The van der Waals surface area contributed by atoms with Gasteiger partial charge in [-0.15, -0.1) is 0 Å². The molecule has 0 spiro atoms. The van der Waals surface area contributed by atoms with Gasteiger partial charge in [-0.1, -0.05) is 0 Å². The number of carbonyl (C=O) groups is 1. The number of carbonyl (C=O) groups excluding carboxylic acids is 1. The monoisotopic (exact) mass is 211 g/mol. The highest BCUT2D eigenvalue weighted by molar-refractivity contribution is 5.99. The highest BCUT2D eigenvalue weighted by Crippen LogP contribution is 2.34. The van der Waals surface area contributed by atoms with Crippen LogP contribution in [0.15, 0.2) is 12.1 Å². The van der Waals surface area contributed by atoms with Crippen LogP contribution in [0.25, 0.3) is 0 Å². The van der Waals surface area contributed by atoms with E-state index < -0.39 is 5.97 Å². The fourth-order valence-electron chi connectivity index (χ4n) is 1.25. The Morgan fingerprint density at radius 3 is 2.33 bits per heavy atom. The number of benzene rings is 1. The summed E-state index contributed by atoms with van der Waals surface area (Å²) in [6.07, 6.45) is 0. The van der Waals surface area contributed by atoms with Gasteiger partial charge in [-0.3, -0.25) is 0 Å². The van der Waals surface area contributed by atoms with Gasteiger partial charge in [0.05, 0.1) is 27.0 Å². The highest BCUT2D eigenvalue weighted by atomic mass is 16.5. The number of methoxy groups -OCH3 is 3. The molecular weight excluding hydrogens is 198 g/mol. The summed E-state index contributed by atoms with van der Waals surface area (Å²) in [7, 11) is 4.19. The minimum absolute atomic E-state index is 0.180. The van der Waals surface area contributed by atoms with Crippen LogP contribution in [0.5, 0.6) is 11.5 Å². The summed E-state index contributed by atoms with van der Waals surface area (Å²) in [4.78, 5) is 11.4. The minimum atomic E-state index is -0.553. The van der Waals surface area contributed by atoms with E-state index in [1.54, 1.807) is 12.1 Å². The van der Waals surface area contributed by atoms with Gasteiger partial charge in [0, 0.05) is 0 Å². The van der Waals surface area contributed by atoms with E-state index in [1.165, 1.54) is 21.3 Å². The predicted molar refractivity (Wildman–Crippen MR) is 55.3 cm³/mol. The summed E-state index contributed by atoms with van der Waals surface area (Å²) in [5.74, 6) is 0.166. The summed E-state index contributed by atoms with van der Waals surface area (Å²) in [6, 6.07) is 3.19. The van der Waals surface area contributed by atoms with E-state index in [9.17, 15) is 4.79 Å². The van der Waals surface area contributed by atoms with E-state index in [-0.39, 0.29) is 11.3 Å². The first kappa shape index (κ1) is 11.2. The summed E-state index contributed by atoms with van der Waals surface area (Å²) in [5, 5.41) is 0. The maximum absolute atomic E-state index is 11.4. The number of esters is 1. The van der Waals surface area contributed by atoms with Crippen molar-refractivity contribution >= 4 is 11.7 Å². The molecule has 0 aliphatic heterocycles. The molecule has 0 amide bonds. The van der Waals surface area contributed by atoms with Crippen molar-refractivity contribution in [2.75, 3.05) is 27.1 Å². The Bertz CT molecular complexity index is 376. The molecule has 0 aliphatic carbocycles. The van der Waals surface area contributed by atoms with Crippen molar-refractivity contribution in [3.8, 4) is 11.5 Å². The van der Waals surface area contributed by atoms with Gasteiger partial charge in [-0.2, -0.15) is 0 Å². The zero-order valence-corrected chi connectivity index (χ0v) is 8.87. The summed E-state index contributed by atoms with van der Waals surface area (Å²) in [5.41, 5.74) is 6.13. The Morgan fingerprint density at radius 1 is 1.20 bits per heavy atom. The van der Waals surface area contributed by atoms with Crippen LogP contribution < -0.4 is 15.2 Å². The third-order valence-corrected chi connectivity index (χ3v) is 1.97. The molecule has 0 radical (unpaired) electrons. The van der Waals surface area contributed by atoms with Crippen molar-refractivity contribution in [3.63, 3.8) is 0 Å². The highest BCUT2D eigenvalue weighted by Gasteiger charge is 2.20. The fourth-order valence-corrected chi connectivity index (χ4v) is 1.25. The SMILES string of the molecule is COC(=O)c1c(N)ccc(OC)c1OC. The van der Waals surface area contributed by atoms with Gasteiger partial charge >= 0.3 is 5.97 Å². The first-order valence-corrected chi connectivity index (χ1v) is 4.24. The number of nitrogen functional groups attached to an aromatic ring is 1. The summed E-state index contributed by atoms with van der Waals surface area (Å²) in [6.45, 7) is 0. The number of hydrogen-bond donors (Lipinski definition) is 1. The Hall–Kier alpha value is -1.91. The molecule has 0 heterocycles. The number of rotatable bonds is 3. The van der Waals surface area contributed by atoms with Gasteiger partial charge in [0.15, 0.2) is 11.5 Å². The standard InChI is InChI=1S/C10H13NO4/c1-13-7-5-4-6(11)8(9(7)14-2)10(12)15-3/h4-5H,11H2,1-3H3. The lowest BCUT2D eigenvalue weighted by atomic mass is 10.1. The van der Waals surface area contributed by atoms with Crippen molar-refractivity contribution in [1.82, 2.24) is 0 Å². The first-order valence-electron chi connectivity index (χ1n) is 4.24. The number of anilines is 1. The molecule has 0 aliphatic rings. The lowest BCUT2D eigenvalue weighted by molar-refractivity contribution is 0.0597. The van der Waals surface area contributed by atoms with Crippen molar-refractivity contribution < 1.29 is 19.0 Å². The number of nitrogens with two attached hydrogens (primary N) is 1. The third-order valence-electron chi connectivity index (χ3n) is 1.97. The third kappa shape index (κ3) is 1.96. The topological polar surface area (TPSA) is 70.8 Å². The fraction of sp³-hybridized carbons (Fsp3) is 0.300. The van der Waals surface area contributed by atoms with E-state index in [2.05, 4.69) is 4.74 Å². The lowest BCUT2D eigenvalue weighted by Gasteiger charge is -2.12. The van der Waals surface area contributed by atoms with Crippen LogP contribution in [0.1, 0.15) is 10.4 Å². The molecule has 0 bridgehead atoms.